The smallest absolute Gasteiger partial charge is 0.299 e. The van der Waals surface area contributed by atoms with Crippen molar-refractivity contribution >= 4 is 16.6 Å². The van der Waals surface area contributed by atoms with E-state index in [0.29, 0.717) is 29.2 Å². The number of hydrogen-bond donors (Lipinski definition) is 0. The number of nitro groups is 1. The van der Waals surface area contributed by atoms with E-state index in [1.807, 2.05) is 26.0 Å². The van der Waals surface area contributed by atoms with Crippen LogP contribution in [0.25, 0.3) is 10.9 Å². The predicted molar refractivity (Wildman–Crippen MR) is 97.4 cm³/mol. The summed E-state index contributed by atoms with van der Waals surface area (Å²) in [5.41, 5.74) is 0.909. The van der Waals surface area contributed by atoms with Gasteiger partial charge in [-0.05, 0) is 37.6 Å². The molecule has 0 atom stereocenters. The van der Waals surface area contributed by atoms with Gasteiger partial charge in [0, 0.05) is 6.20 Å². The first-order valence-electron chi connectivity index (χ1n) is 8.07. The SMILES string of the molecule is CCOc1ccccc1Oc1c(OC)cc([N+](=O)[O-])c2nccc(C)c12. The van der Waals surface area contributed by atoms with E-state index in [-0.39, 0.29) is 17.0 Å². The topological polar surface area (TPSA) is 83.7 Å². The maximum absolute atomic E-state index is 11.5. The van der Waals surface area contributed by atoms with Crippen molar-refractivity contribution in [1.82, 2.24) is 4.98 Å². The molecule has 1 heterocycles. The molecule has 0 radical (unpaired) electrons. The van der Waals surface area contributed by atoms with Gasteiger partial charge >= 0.3 is 0 Å². The molecule has 3 aromatic rings. The molecule has 2 aromatic carbocycles. The van der Waals surface area contributed by atoms with Crippen molar-refractivity contribution in [2.24, 2.45) is 0 Å². The van der Waals surface area contributed by atoms with Gasteiger partial charge < -0.3 is 14.2 Å². The average molecular weight is 354 g/mol. The Balaban J connectivity index is 2.26. The van der Waals surface area contributed by atoms with Gasteiger partial charge in [0.15, 0.2) is 28.5 Å². The molecule has 0 fully saturated rings. The minimum absolute atomic E-state index is 0.133. The van der Waals surface area contributed by atoms with Gasteiger partial charge in [-0.25, -0.2) is 4.98 Å². The third kappa shape index (κ3) is 3.11. The number of aryl methyl sites for hydroxylation is 1. The van der Waals surface area contributed by atoms with Crippen molar-refractivity contribution in [2.75, 3.05) is 13.7 Å². The summed E-state index contributed by atoms with van der Waals surface area (Å²) in [5.74, 6) is 1.69. The van der Waals surface area contributed by atoms with Crippen LogP contribution < -0.4 is 14.2 Å². The number of nitrogens with zero attached hydrogens (tertiary/aromatic N) is 2. The van der Waals surface area contributed by atoms with Crippen molar-refractivity contribution < 1.29 is 19.1 Å². The molecule has 0 spiro atoms. The number of non-ortho nitro benzene ring substituents is 1. The summed E-state index contributed by atoms with van der Waals surface area (Å²) in [7, 11) is 1.44. The first-order valence-corrected chi connectivity index (χ1v) is 8.07. The largest absolute Gasteiger partial charge is 0.493 e. The summed E-state index contributed by atoms with van der Waals surface area (Å²) in [6.07, 6.45) is 1.54. The zero-order valence-electron chi connectivity index (χ0n) is 14.7. The van der Waals surface area contributed by atoms with E-state index in [1.165, 1.54) is 19.4 Å². The minimum atomic E-state index is -0.477. The molecule has 3 rings (SSSR count). The number of rotatable bonds is 6. The van der Waals surface area contributed by atoms with Gasteiger partial charge in [0.25, 0.3) is 5.69 Å². The lowest BCUT2D eigenvalue weighted by molar-refractivity contribution is -0.383. The van der Waals surface area contributed by atoms with E-state index < -0.39 is 4.92 Å². The van der Waals surface area contributed by atoms with Gasteiger partial charge in [-0.2, -0.15) is 0 Å². The van der Waals surface area contributed by atoms with Gasteiger partial charge in [0.05, 0.1) is 30.1 Å². The Kier molecular flexibility index (Phi) is 4.88. The second-order valence-corrected chi connectivity index (χ2v) is 5.52. The van der Waals surface area contributed by atoms with E-state index >= 15 is 0 Å². The quantitative estimate of drug-likeness (QED) is 0.473. The number of hydrogen-bond acceptors (Lipinski definition) is 6. The Labute approximate surface area is 150 Å². The van der Waals surface area contributed by atoms with Crippen LogP contribution >= 0.6 is 0 Å². The number of ether oxygens (including phenoxy) is 3. The molecule has 0 saturated carbocycles. The number of benzene rings is 2. The highest BCUT2D eigenvalue weighted by atomic mass is 16.6. The standard InChI is InChI=1S/C19H18N2O5/c1-4-25-14-7-5-6-8-15(14)26-19-16(24-3)11-13(21(22)23)18-17(19)12(2)9-10-20-18/h5-11H,4H2,1-3H3. The van der Waals surface area contributed by atoms with E-state index in [0.717, 1.165) is 5.56 Å². The first-order chi connectivity index (χ1) is 12.6. The molecule has 1 aromatic heterocycles. The van der Waals surface area contributed by atoms with E-state index in [4.69, 9.17) is 14.2 Å². The zero-order valence-corrected chi connectivity index (χ0v) is 14.7. The van der Waals surface area contributed by atoms with Crippen LogP contribution in [0.15, 0.2) is 42.6 Å². The number of para-hydroxylation sites is 2. The van der Waals surface area contributed by atoms with Gasteiger partial charge in [-0.3, -0.25) is 10.1 Å². The highest BCUT2D eigenvalue weighted by Crippen LogP contribution is 2.45. The van der Waals surface area contributed by atoms with Gasteiger partial charge in [-0.15, -0.1) is 0 Å². The fraction of sp³-hybridized carbons (Fsp3) is 0.211. The molecule has 0 amide bonds. The van der Waals surface area contributed by atoms with Crippen LogP contribution in [0, 0.1) is 17.0 Å². The number of pyridine rings is 1. The normalized spacial score (nSPS) is 10.6. The minimum Gasteiger partial charge on any atom is -0.493 e. The third-order valence-electron chi connectivity index (χ3n) is 3.90. The van der Waals surface area contributed by atoms with Crippen molar-refractivity contribution in [3.8, 4) is 23.0 Å². The summed E-state index contributed by atoms with van der Waals surface area (Å²) in [5, 5.41) is 12.0. The lowest BCUT2D eigenvalue weighted by Gasteiger charge is -2.16. The molecule has 0 aliphatic heterocycles. The molecule has 26 heavy (non-hydrogen) atoms. The van der Waals surface area contributed by atoms with Crippen molar-refractivity contribution in [3.05, 3.63) is 58.3 Å². The summed E-state index contributed by atoms with van der Waals surface area (Å²) < 4.78 is 17.1. The molecule has 134 valence electrons. The summed E-state index contributed by atoms with van der Waals surface area (Å²) in [4.78, 5) is 15.2. The van der Waals surface area contributed by atoms with E-state index in [2.05, 4.69) is 4.98 Å². The van der Waals surface area contributed by atoms with Crippen molar-refractivity contribution in [3.63, 3.8) is 0 Å². The monoisotopic (exact) mass is 354 g/mol. The van der Waals surface area contributed by atoms with Crippen molar-refractivity contribution in [2.45, 2.75) is 13.8 Å². The molecular formula is C19H18N2O5. The van der Waals surface area contributed by atoms with E-state index in [9.17, 15) is 10.1 Å². The van der Waals surface area contributed by atoms with Crippen LogP contribution in [0.1, 0.15) is 12.5 Å². The Hall–Kier alpha value is -3.35. The Bertz CT molecular complexity index is 972. The fourth-order valence-electron chi connectivity index (χ4n) is 2.73. The van der Waals surface area contributed by atoms with Gasteiger partial charge in [0.1, 0.15) is 0 Å². The van der Waals surface area contributed by atoms with Crippen LogP contribution in [-0.4, -0.2) is 23.6 Å². The Morgan fingerprint density at radius 2 is 1.88 bits per heavy atom. The molecule has 0 saturated heterocycles. The molecular weight excluding hydrogens is 336 g/mol. The highest BCUT2D eigenvalue weighted by molar-refractivity contribution is 5.97. The molecule has 0 aliphatic carbocycles. The predicted octanol–water partition coefficient (Wildman–Crippen LogP) is 4.65. The van der Waals surface area contributed by atoms with Gasteiger partial charge in [-0.1, -0.05) is 12.1 Å². The maximum Gasteiger partial charge on any atom is 0.299 e. The second-order valence-electron chi connectivity index (χ2n) is 5.52. The molecule has 0 bridgehead atoms. The first kappa shape index (κ1) is 17.5. The fourth-order valence-corrected chi connectivity index (χ4v) is 2.73. The Morgan fingerprint density at radius 1 is 1.15 bits per heavy atom. The van der Waals surface area contributed by atoms with E-state index in [1.54, 1.807) is 18.2 Å². The molecule has 7 heteroatoms. The molecule has 0 aliphatic rings. The number of nitro benzene ring substituents is 1. The van der Waals surface area contributed by atoms with Crippen LogP contribution in [0.5, 0.6) is 23.0 Å². The average Bonchev–Trinajstić information content (AvgIpc) is 2.63. The number of fused-ring (bicyclic) bond motifs is 1. The summed E-state index contributed by atoms with van der Waals surface area (Å²) in [6.45, 7) is 4.21. The van der Waals surface area contributed by atoms with Crippen molar-refractivity contribution in [1.29, 1.82) is 0 Å². The lowest BCUT2D eigenvalue weighted by Crippen LogP contribution is -2.00. The summed E-state index contributed by atoms with van der Waals surface area (Å²) >= 11 is 0. The highest BCUT2D eigenvalue weighted by Gasteiger charge is 2.24. The van der Waals surface area contributed by atoms with Crippen LogP contribution in [0.4, 0.5) is 5.69 Å². The lowest BCUT2D eigenvalue weighted by atomic mass is 10.1. The second kappa shape index (κ2) is 7.26. The Morgan fingerprint density at radius 3 is 2.54 bits per heavy atom. The third-order valence-corrected chi connectivity index (χ3v) is 3.90. The molecule has 7 nitrogen and oxygen atoms in total. The van der Waals surface area contributed by atoms with Crippen LogP contribution in [0.3, 0.4) is 0 Å². The molecule has 0 N–H and O–H groups in total. The zero-order chi connectivity index (χ0) is 18.7. The van der Waals surface area contributed by atoms with Gasteiger partial charge in [0.2, 0.25) is 0 Å². The maximum atomic E-state index is 11.5. The summed E-state index contributed by atoms with van der Waals surface area (Å²) in [6, 6.07) is 10.3. The number of methoxy groups -OCH3 is 1. The van der Waals surface area contributed by atoms with Crippen LogP contribution in [0.2, 0.25) is 0 Å². The molecule has 0 unspecified atom stereocenters. The van der Waals surface area contributed by atoms with Crippen LogP contribution in [-0.2, 0) is 0 Å². The number of aromatic nitrogens is 1.